The van der Waals surface area contributed by atoms with Gasteiger partial charge in [-0.2, -0.15) is 0 Å². The molecule has 0 saturated carbocycles. The molecular formula is C13H14N2O3S. The molecule has 0 aliphatic carbocycles. The molecule has 1 aromatic carbocycles. The molecule has 19 heavy (non-hydrogen) atoms. The molecule has 5 nitrogen and oxygen atoms in total. The number of thiocarbonyl (C=S) groups is 1. The highest BCUT2D eigenvalue weighted by Gasteiger charge is 2.33. The summed E-state index contributed by atoms with van der Waals surface area (Å²) in [4.78, 5) is 24.5. The first kappa shape index (κ1) is 13.5. The first-order valence-electron chi connectivity index (χ1n) is 5.83. The van der Waals surface area contributed by atoms with Gasteiger partial charge in [-0.3, -0.25) is 14.5 Å². The van der Waals surface area contributed by atoms with Crippen LogP contribution in [0.15, 0.2) is 24.3 Å². The molecule has 1 N–H and O–H groups in total. The van der Waals surface area contributed by atoms with Gasteiger partial charge in [0.05, 0.1) is 19.2 Å². The smallest absolute Gasteiger partial charge is 0.309 e. The summed E-state index contributed by atoms with van der Waals surface area (Å²) < 4.78 is 4.60. The van der Waals surface area contributed by atoms with Gasteiger partial charge < -0.3 is 10.1 Å². The van der Waals surface area contributed by atoms with Gasteiger partial charge in [-0.25, -0.2) is 0 Å². The number of carbonyl (C=O) groups excluding carboxylic acids is 2. The van der Waals surface area contributed by atoms with Crippen LogP contribution in [-0.4, -0.2) is 30.1 Å². The quantitative estimate of drug-likeness (QED) is 0.660. The summed E-state index contributed by atoms with van der Waals surface area (Å²) >= 11 is 5.12. The topological polar surface area (TPSA) is 58.6 Å². The minimum atomic E-state index is -0.303. The maximum Gasteiger partial charge on any atom is 0.309 e. The predicted octanol–water partition coefficient (Wildman–Crippen LogP) is 1.01. The highest BCUT2D eigenvalue weighted by molar-refractivity contribution is 7.80. The van der Waals surface area contributed by atoms with Crippen LogP contribution >= 0.6 is 12.2 Å². The number of rotatable bonds is 3. The summed E-state index contributed by atoms with van der Waals surface area (Å²) in [7, 11) is 1.35. The normalized spacial score (nSPS) is 18.4. The second kappa shape index (κ2) is 5.36. The molecule has 1 atom stereocenters. The van der Waals surface area contributed by atoms with Gasteiger partial charge in [-0.15, -0.1) is 0 Å². The molecule has 1 heterocycles. The predicted molar refractivity (Wildman–Crippen MR) is 74.8 cm³/mol. The molecule has 0 aromatic heterocycles. The van der Waals surface area contributed by atoms with Crippen molar-refractivity contribution in [3.8, 4) is 0 Å². The fourth-order valence-corrected chi connectivity index (χ4v) is 2.22. The highest BCUT2D eigenvalue weighted by atomic mass is 32.1. The molecule has 0 bridgehead atoms. The number of hydrogen-bond acceptors (Lipinski definition) is 4. The molecule has 1 unspecified atom stereocenters. The number of anilines is 1. The number of esters is 1. The zero-order chi connectivity index (χ0) is 14.0. The molecule has 2 rings (SSSR count). The van der Waals surface area contributed by atoms with Gasteiger partial charge in [0.1, 0.15) is 6.04 Å². The minimum absolute atomic E-state index is 0.0780. The highest BCUT2D eigenvalue weighted by Crippen LogP contribution is 2.20. The van der Waals surface area contributed by atoms with Gasteiger partial charge in [0.25, 0.3) is 5.91 Å². The lowest BCUT2D eigenvalue weighted by atomic mass is 10.1. The van der Waals surface area contributed by atoms with Crippen molar-refractivity contribution in [1.29, 1.82) is 0 Å². The van der Waals surface area contributed by atoms with Crippen molar-refractivity contribution in [3.05, 3.63) is 29.8 Å². The first-order chi connectivity index (χ1) is 9.02. The maximum atomic E-state index is 11.9. The molecule has 0 spiro atoms. The van der Waals surface area contributed by atoms with Gasteiger partial charge in [0.15, 0.2) is 5.11 Å². The number of nitrogens with one attached hydrogen (secondary N) is 1. The SMILES string of the molecule is COC(=O)Cc1ccc(N2C(=O)C(C)NC2=S)cc1. The van der Waals surface area contributed by atoms with Crippen LogP contribution in [0, 0.1) is 0 Å². The Labute approximate surface area is 116 Å². The van der Waals surface area contributed by atoms with Crippen molar-refractivity contribution in [3.63, 3.8) is 0 Å². The number of carbonyl (C=O) groups is 2. The van der Waals surface area contributed by atoms with Crippen molar-refractivity contribution >= 4 is 34.9 Å². The molecule has 1 aliphatic rings. The van der Waals surface area contributed by atoms with E-state index in [0.29, 0.717) is 10.8 Å². The van der Waals surface area contributed by atoms with E-state index in [1.807, 2.05) is 0 Å². The lowest BCUT2D eigenvalue weighted by Gasteiger charge is -2.15. The van der Waals surface area contributed by atoms with E-state index in [0.717, 1.165) is 5.56 Å². The van der Waals surface area contributed by atoms with E-state index in [-0.39, 0.29) is 24.3 Å². The Balaban J connectivity index is 2.17. The van der Waals surface area contributed by atoms with Crippen molar-refractivity contribution in [2.24, 2.45) is 0 Å². The average molecular weight is 278 g/mol. The van der Waals surface area contributed by atoms with E-state index in [4.69, 9.17) is 12.2 Å². The number of amides is 1. The van der Waals surface area contributed by atoms with Crippen molar-refractivity contribution < 1.29 is 14.3 Å². The van der Waals surface area contributed by atoms with Gasteiger partial charge in [-0.1, -0.05) is 12.1 Å². The summed E-state index contributed by atoms with van der Waals surface area (Å²) in [5.74, 6) is -0.374. The van der Waals surface area contributed by atoms with E-state index in [2.05, 4.69) is 10.1 Å². The van der Waals surface area contributed by atoms with E-state index in [1.54, 1.807) is 31.2 Å². The summed E-state index contributed by atoms with van der Waals surface area (Å²) in [5, 5.41) is 3.31. The van der Waals surface area contributed by atoms with Crippen LogP contribution in [0.25, 0.3) is 0 Å². The Morgan fingerprint density at radius 1 is 1.42 bits per heavy atom. The van der Waals surface area contributed by atoms with Crippen molar-refractivity contribution in [1.82, 2.24) is 5.32 Å². The van der Waals surface area contributed by atoms with Crippen LogP contribution in [0.4, 0.5) is 5.69 Å². The Hall–Kier alpha value is -1.95. The molecule has 6 heteroatoms. The second-order valence-electron chi connectivity index (χ2n) is 4.26. The molecule has 100 valence electrons. The number of ether oxygens (including phenoxy) is 1. The van der Waals surface area contributed by atoms with Gasteiger partial charge in [0, 0.05) is 0 Å². The van der Waals surface area contributed by atoms with Crippen LogP contribution in [0.3, 0.4) is 0 Å². The van der Waals surface area contributed by atoms with Crippen molar-refractivity contribution in [2.45, 2.75) is 19.4 Å². The molecule has 1 saturated heterocycles. The Bertz CT molecular complexity index is 527. The number of nitrogens with zero attached hydrogens (tertiary/aromatic N) is 1. The molecule has 0 radical (unpaired) electrons. The molecular weight excluding hydrogens is 264 g/mol. The zero-order valence-electron chi connectivity index (χ0n) is 10.7. The monoisotopic (exact) mass is 278 g/mol. The summed E-state index contributed by atoms with van der Waals surface area (Å²) in [6, 6.07) is 6.79. The molecule has 1 aromatic rings. The average Bonchev–Trinajstić information content (AvgIpc) is 2.64. The Kier molecular flexibility index (Phi) is 3.80. The second-order valence-corrected chi connectivity index (χ2v) is 4.65. The molecule has 1 aliphatic heterocycles. The summed E-state index contributed by atoms with van der Waals surface area (Å²) in [6.45, 7) is 1.76. The fourth-order valence-electron chi connectivity index (χ4n) is 1.85. The van der Waals surface area contributed by atoms with Gasteiger partial charge in [0.2, 0.25) is 0 Å². The summed E-state index contributed by atoms with van der Waals surface area (Å²) in [5.41, 5.74) is 1.52. The third-order valence-electron chi connectivity index (χ3n) is 2.90. The lowest BCUT2D eigenvalue weighted by Crippen LogP contribution is -2.30. The minimum Gasteiger partial charge on any atom is -0.469 e. The Morgan fingerprint density at radius 3 is 2.53 bits per heavy atom. The molecule has 1 amide bonds. The number of methoxy groups -OCH3 is 1. The van der Waals surface area contributed by atoms with Gasteiger partial charge in [-0.05, 0) is 36.8 Å². The zero-order valence-corrected chi connectivity index (χ0v) is 11.5. The molecule has 1 fully saturated rings. The van der Waals surface area contributed by atoms with Crippen LogP contribution in [-0.2, 0) is 20.7 Å². The van der Waals surface area contributed by atoms with E-state index >= 15 is 0 Å². The number of benzene rings is 1. The largest absolute Gasteiger partial charge is 0.469 e. The van der Waals surface area contributed by atoms with Crippen LogP contribution in [0.2, 0.25) is 0 Å². The fraction of sp³-hybridized carbons (Fsp3) is 0.308. The standard InChI is InChI=1S/C13H14N2O3S/c1-8-12(17)15(13(19)14-8)10-5-3-9(4-6-10)7-11(16)18-2/h3-6,8H,7H2,1-2H3,(H,14,19). The van der Waals surface area contributed by atoms with Crippen LogP contribution in [0.5, 0.6) is 0 Å². The number of hydrogen-bond donors (Lipinski definition) is 1. The van der Waals surface area contributed by atoms with Gasteiger partial charge >= 0.3 is 5.97 Å². The lowest BCUT2D eigenvalue weighted by molar-refractivity contribution is -0.139. The summed E-state index contributed by atoms with van der Waals surface area (Å²) in [6.07, 6.45) is 0.212. The first-order valence-corrected chi connectivity index (χ1v) is 6.24. The van der Waals surface area contributed by atoms with Crippen LogP contribution in [0.1, 0.15) is 12.5 Å². The van der Waals surface area contributed by atoms with E-state index in [1.165, 1.54) is 12.0 Å². The van der Waals surface area contributed by atoms with E-state index in [9.17, 15) is 9.59 Å². The van der Waals surface area contributed by atoms with Crippen LogP contribution < -0.4 is 10.2 Å². The van der Waals surface area contributed by atoms with E-state index < -0.39 is 0 Å². The Morgan fingerprint density at radius 2 is 2.05 bits per heavy atom. The maximum absolute atomic E-state index is 11.9. The third kappa shape index (κ3) is 2.73. The third-order valence-corrected chi connectivity index (χ3v) is 3.20. The van der Waals surface area contributed by atoms with Crippen molar-refractivity contribution in [2.75, 3.05) is 12.0 Å².